The number of sulfonamides is 1. The number of aliphatic hydroxyl groups excluding tert-OH is 1. The van der Waals surface area contributed by atoms with Gasteiger partial charge < -0.3 is 35.4 Å². The molecule has 21 nitrogen and oxygen atoms in total. The van der Waals surface area contributed by atoms with E-state index in [9.17, 15) is 37.5 Å². The van der Waals surface area contributed by atoms with E-state index in [0.717, 1.165) is 48.1 Å². The number of imide groups is 2. The summed E-state index contributed by atoms with van der Waals surface area (Å²) >= 11 is 0. The summed E-state index contributed by atoms with van der Waals surface area (Å²) in [5, 5.41) is 27.5. The van der Waals surface area contributed by atoms with Crippen LogP contribution in [0.25, 0.3) is 22.3 Å². The molecule has 8 rings (SSSR count). The summed E-state index contributed by atoms with van der Waals surface area (Å²) in [6, 6.07) is 10.5. The minimum Gasteiger partial charge on any atom is -0.393 e. The Hall–Kier alpha value is -6.07. The third kappa shape index (κ3) is 11.6. The summed E-state index contributed by atoms with van der Waals surface area (Å²) in [5.74, 6) is -1.65. The summed E-state index contributed by atoms with van der Waals surface area (Å²) in [7, 11) is -3.82. The number of rotatable bonds is 22. The predicted octanol–water partition coefficient (Wildman–Crippen LogP) is 3.91. The Balaban J connectivity index is 0.702. The van der Waals surface area contributed by atoms with Gasteiger partial charge in [-0.2, -0.15) is 14.4 Å². The fraction of sp³-hybridized carbons (Fsp3) is 0.542. The molecular weight excluding hydrogens is 923 g/mol. The van der Waals surface area contributed by atoms with Gasteiger partial charge in [0.05, 0.1) is 33.6 Å². The first kappa shape index (κ1) is 50.3. The average Bonchev–Trinajstić information content (AvgIpc) is 3.87. The number of nitrogens with zero attached hydrogens (tertiary/aromatic N) is 7. The Bertz CT molecular complexity index is 2630. The number of amides is 6. The van der Waals surface area contributed by atoms with Gasteiger partial charge >= 0.3 is 6.03 Å². The quantitative estimate of drug-likeness (QED) is 0.0553. The Morgan fingerprint density at radius 3 is 2.24 bits per heavy atom. The van der Waals surface area contributed by atoms with E-state index in [2.05, 4.69) is 33.2 Å². The molecule has 0 bridgehead atoms. The summed E-state index contributed by atoms with van der Waals surface area (Å²) < 4.78 is 42.3. The van der Waals surface area contributed by atoms with Crippen LogP contribution in [-0.4, -0.2) is 161 Å². The molecule has 22 heteroatoms. The molecule has 2 saturated heterocycles. The molecule has 5 N–H and O–H groups in total. The molecule has 5 heterocycles. The number of urea groups is 1. The van der Waals surface area contributed by atoms with Crippen LogP contribution >= 0.6 is 0 Å². The van der Waals surface area contributed by atoms with E-state index in [4.69, 9.17) is 19.6 Å². The molecule has 70 heavy (non-hydrogen) atoms. The molecule has 6 amide bonds. The number of unbranched alkanes of at least 4 members (excludes halogenated alkanes) is 1. The predicted molar refractivity (Wildman–Crippen MR) is 258 cm³/mol. The highest BCUT2D eigenvalue weighted by atomic mass is 32.2. The van der Waals surface area contributed by atoms with E-state index in [1.165, 1.54) is 4.31 Å². The highest BCUT2D eigenvalue weighted by molar-refractivity contribution is 7.89. The van der Waals surface area contributed by atoms with Gasteiger partial charge in [-0.05, 0) is 82.1 Å². The van der Waals surface area contributed by atoms with Gasteiger partial charge in [0.25, 0.3) is 11.8 Å². The van der Waals surface area contributed by atoms with E-state index in [-0.39, 0.29) is 73.2 Å². The molecule has 376 valence electrons. The molecule has 4 aliphatic rings. The number of hydrogen-bond donors (Lipinski definition) is 5. The lowest BCUT2D eigenvalue weighted by Gasteiger charge is -2.34. The van der Waals surface area contributed by atoms with Gasteiger partial charge in [0, 0.05) is 96.1 Å². The van der Waals surface area contributed by atoms with Crippen molar-refractivity contribution in [3.63, 3.8) is 0 Å². The number of piperazine rings is 1. The second-order valence-corrected chi connectivity index (χ2v) is 19.9. The molecular formula is C48H63N11O10S. The molecule has 2 aromatic carbocycles. The number of fused-ring (bicyclic) bond motifs is 2. The van der Waals surface area contributed by atoms with Crippen LogP contribution in [0.1, 0.15) is 104 Å². The van der Waals surface area contributed by atoms with Crippen LogP contribution in [0.5, 0.6) is 0 Å². The van der Waals surface area contributed by atoms with Crippen LogP contribution in [-0.2, 0) is 29.1 Å². The topological polar surface area (TPSA) is 260 Å². The summed E-state index contributed by atoms with van der Waals surface area (Å²) in [4.78, 5) is 75.4. The van der Waals surface area contributed by atoms with Gasteiger partial charge in [-0.3, -0.25) is 29.4 Å². The van der Waals surface area contributed by atoms with Crippen LogP contribution in [0.2, 0.25) is 0 Å². The standard InChI is InChI=1S/C48H63N11O10S/c1-2-3-20-50-47-52-31-37-42(55-59(43(37)54-47)33-12-14-34(60)15-13-33)32-10-16-35(17-11-32)70(66,67)57-25-23-56(24-26-57)48(65)51-22-6-28-69-30-7-29-68-27-5-21-49-38-9-4-8-36-41(38)46(64)58(45(36)63)39-18-19-40(61)53-44(39)62/h4,8-11,16-17,31,33-34,39,49,60H,2-3,5-7,12-15,18-30H2,1H3,(H,51,65)(H,50,52,54)(H,53,61,62)/t33-,34-,39?. The van der Waals surface area contributed by atoms with Gasteiger partial charge in [-0.1, -0.05) is 31.5 Å². The van der Waals surface area contributed by atoms with Crippen molar-refractivity contribution in [2.24, 2.45) is 0 Å². The van der Waals surface area contributed by atoms with Gasteiger partial charge in [-0.25, -0.2) is 22.9 Å². The fourth-order valence-electron chi connectivity index (χ4n) is 9.23. The SMILES string of the molecule is CCCCNc1ncc2c(-c3ccc(S(=O)(=O)N4CCN(C(=O)NCCCOCCCOCCCNc5cccc6c5C(=O)N(C5CCC(=O)NC5=O)C6=O)CC4)cc3)nn([C@H]3CC[C@H](O)CC3)c2n1. The van der Waals surface area contributed by atoms with Crippen molar-refractivity contribution in [1.82, 2.24) is 44.5 Å². The summed E-state index contributed by atoms with van der Waals surface area (Å²) in [6.45, 7) is 6.52. The lowest BCUT2D eigenvalue weighted by atomic mass is 9.93. The first-order valence-electron chi connectivity index (χ1n) is 24.5. The highest BCUT2D eigenvalue weighted by Crippen LogP contribution is 2.36. The largest absolute Gasteiger partial charge is 0.393 e. The van der Waals surface area contributed by atoms with Crippen molar-refractivity contribution in [2.45, 2.75) is 101 Å². The molecule has 1 atom stereocenters. The Kier molecular flexibility index (Phi) is 16.7. The van der Waals surface area contributed by atoms with Gasteiger partial charge in [0.2, 0.25) is 27.8 Å². The molecule has 2 aromatic heterocycles. The zero-order valence-corrected chi connectivity index (χ0v) is 40.4. The van der Waals surface area contributed by atoms with Crippen LogP contribution in [0.3, 0.4) is 0 Å². The molecule has 4 aromatic rings. The van der Waals surface area contributed by atoms with Crippen molar-refractivity contribution in [1.29, 1.82) is 0 Å². The van der Waals surface area contributed by atoms with Gasteiger partial charge in [-0.15, -0.1) is 0 Å². The van der Waals surface area contributed by atoms with E-state index in [1.54, 1.807) is 53.6 Å². The van der Waals surface area contributed by atoms with Crippen molar-refractivity contribution in [2.75, 3.05) is 82.9 Å². The van der Waals surface area contributed by atoms with Gasteiger partial charge in [0.15, 0.2) is 5.65 Å². The monoisotopic (exact) mass is 985 g/mol. The number of ether oxygens (including phenoxy) is 2. The van der Waals surface area contributed by atoms with Crippen molar-refractivity contribution < 1.29 is 47.0 Å². The molecule has 0 radical (unpaired) electrons. The van der Waals surface area contributed by atoms with Crippen molar-refractivity contribution >= 4 is 62.4 Å². The third-order valence-corrected chi connectivity index (χ3v) is 15.0. The Morgan fingerprint density at radius 1 is 0.829 bits per heavy atom. The molecule has 3 fully saturated rings. The average molecular weight is 986 g/mol. The smallest absolute Gasteiger partial charge is 0.317 e. The Morgan fingerprint density at radius 2 is 1.53 bits per heavy atom. The van der Waals surface area contributed by atoms with Crippen molar-refractivity contribution in [3.05, 3.63) is 59.8 Å². The number of carbonyl (C=O) groups is 5. The third-order valence-electron chi connectivity index (χ3n) is 13.1. The number of nitrogens with one attached hydrogen (secondary N) is 4. The molecule has 0 spiro atoms. The number of anilines is 2. The molecule has 3 aliphatic heterocycles. The summed E-state index contributed by atoms with van der Waals surface area (Å²) in [5.41, 5.74) is 3.05. The van der Waals surface area contributed by atoms with Crippen LogP contribution < -0.4 is 21.3 Å². The zero-order chi connectivity index (χ0) is 49.2. The Labute approximate surface area is 407 Å². The molecule has 1 unspecified atom stereocenters. The maximum absolute atomic E-state index is 13.7. The fourth-order valence-corrected chi connectivity index (χ4v) is 10.7. The number of piperidine rings is 1. The maximum Gasteiger partial charge on any atom is 0.317 e. The van der Waals surface area contributed by atoms with E-state index >= 15 is 0 Å². The first-order valence-corrected chi connectivity index (χ1v) is 25.9. The number of aliphatic hydroxyl groups is 1. The number of carbonyl (C=O) groups excluding carboxylic acids is 5. The summed E-state index contributed by atoms with van der Waals surface area (Å²) in [6.07, 6.45) is 8.51. The van der Waals surface area contributed by atoms with Crippen LogP contribution in [0, 0.1) is 0 Å². The van der Waals surface area contributed by atoms with E-state index < -0.39 is 39.7 Å². The first-order chi connectivity index (χ1) is 33.9. The highest BCUT2D eigenvalue weighted by Gasteiger charge is 2.45. The number of hydrogen-bond acceptors (Lipinski definition) is 15. The number of benzene rings is 2. The molecule has 1 aliphatic carbocycles. The second-order valence-electron chi connectivity index (χ2n) is 18.0. The van der Waals surface area contributed by atoms with E-state index in [1.807, 2.05) is 4.68 Å². The van der Waals surface area contributed by atoms with Gasteiger partial charge in [0.1, 0.15) is 11.7 Å². The second kappa shape index (κ2) is 23.2. The lowest BCUT2D eigenvalue weighted by molar-refractivity contribution is -0.136. The number of aromatic nitrogens is 4. The zero-order valence-electron chi connectivity index (χ0n) is 39.6. The maximum atomic E-state index is 13.7. The van der Waals surface area contributed by atoms with E-state index in [0.29, 0.717) is 94.6 Å². The van der Waals surface area contributed by atoms with Crippen LogP contribution in [0.4, 0.5) is 16.4 Å². The minimum absolute atomic E-state index is 0.0555. The molecule has 1 saturated carbocycles. The lowest BCUT2D eigenvalue weighted by Crippen LogP contribution is -2.54. The minimum atomic E-state index is -3.82. The van der Waals surface area contributed by atoms with Crippen LogP contribution in [0.15, 0.2) is 53.6 Å². The normalized spacial score (nSPS) is 19.9. The van der Waals surface area contributed by atoms with Crippen molar-refractivity contribution in [3.8, 4) is 11.3 Å².